The van der Waals surface area contributed by atoms with Crippen molar-refractivity contribution >= 4 is 17.4 Å². The van der Waals surface area contributed by atoms with E-state index in [0.717, 1.165) is 11.3 Å². The van der Waals surface area contributed by atoms with Crippen LogP contribution in [-0.2, 0) is 4.74 Å². The number of benzene rings is 1. The normalized spacial score (nSPS) is 12.2. The largest absolute Gasteiger partial charge is 0.495 e. The fourth-order valence-electron chi connectivity index (χ4n) is 1.05. The average Bonchev–Trinajstić information content (AvgIpc) is 2.07. The number of hydrogen-bond acceptors (Lipinski definition) is 1. The van der Waals surface area contributed by atoms with Gasteiger partial charge < -0.3 is 4.74 Å². The zero-order valence-corrected chi connectivity index (χ0v) is 7.93. The van der Waals surface area contributed by atoms with Crippen LogP contribution >= 0.6 is 11.6 Å². The first-order valence-corrected chi connectivity index (χ1v) is 4.09. The lowest BCUT2D eigenvalue weighted by molar-refractivity contribution is 0.368. The highest BCUT2D eigenvalue weighted by Crippen LogP contribution is 2.20. The topological polar surface area (TPSA) is 9.23 Å². The van der Waals surface area contributed by atoms with Crippen LogP contribution in [0.15, 0.2) is 35.4 Å². The van der Waals surface area contributed by atoms with Crippen LogP contribution in [0, 0.1) is 0 Å². The van der Waals surface area contributed by atoms with Gasteiger partial charge in [-0.05, 0) is 6.92 Å². The molecule has 1 aromatic rings. The molecule has 1 nitrogen and oxygen atoms in total. The van der Waals surface area contributed by atoms with Crippen molar-refractivity contribution in [1.82, 2.24) is 0 Å². The molecular formula is C10H11ClO. The van der Waals surface area contributed by atoms with Crippen LogP contribution < -0.4 is 0 Å². The zero-order chi connectivity index (χ0) is 8.97. The van der Waals surface area contributed by atoms with Crippen LogP contribution in [-0.4, -0.2) is 7.11 Å². The number of hydrogen-bond donors (Lipinski definition) is 0. The van der Waals surface area contributed by atoms with E-state index >= 15 is 0 Å². The first kappa shape index (κ1) is 9.14. The lowest BCUT2D eigenvalue weighted by Gasteiger charge is -2.06. The number of methoxy groups -OCH3 is 1. The summed E-state index contributed by atoms with van der Waals surface area (Å²) in [6.45, 7) is 1.81. The van der Waals surface area contributed by atoms with Gasteiger partial charge in [0.15, 0.2) is 0 Å². The SMILES string of the molecule is CO/C(=C(/C)Cl)c1ccccc1. The van der Waals surface area contributed by atoms with E-state index in [1.54, 1.807) is 7.11 Å². The van der Waals surface area contributed by atoms with E-state index in [0.29, 0.717) is 5.03 Å². The number of allylic oxidation sites excluding steroid dienone is 1. The highest BCUT2D eigenvalue weighted by molar-refractivity contribution is 6.31. The average molecular weight is 183 g/mol. The van der Waals surface area contributed by atoms with Gasteiger partial charge in [-0.1, -0.05) is 41.9 Å². The Labute approximate surface area is 77.6 Å². The second-order valence-corrected chi connectivity index (χ2v) is 3.00. The molecule has 0 atom stereocenters. The maximum atomic E-state index is 5.83. The molecule has 0 saturated carbocycles. The van der Waals surface area contributed by atoms with Crippen LogP contribution in [0.2, 0.25) is 0 Å². The standard InChI is InChI=1S/C10H11ClO/c1-8(11)10(12-2)9-6-4-3-5-7-9/h3-7H,1-2H3/b10-8-. The highest BCUT2D eigenvalue weighted by atomic mass is 35.5. The van der Waals surface area contributed by atoms with Crippen molar-refractivity contribution in [3.63, 3.8) is 0 Å². The smallest absolute Gasteiger partial charge is 0.140 e. The molecule has 0 bridgehead atoms. The number of ether oxygens (including phenoxy) is 1. The molecule has 0 unspecified atom stereocenters. The molecule has 0 aliphatic rings. The van der Waals surface area contributed by atoms with Gasteiger partial charge in [-0.15, -0.1) is 0 Å². The van der Waals surface area contributed by atoms with Gasteiger partial charge in [-0.2, -0.15) is 0 Å². The van der Waals surface area contributed by atoms with Gasteiger partial charge in [0, 0.05) is 5.56 Å². The summed E-state index contributed by atoms with van der Waals surface area (Å²) in [5.41, 5.74) is 1.01. The summed E-state index contributed by atoms with van der Waals surface area (Å²) in [4.78, 5) is 0. The third kappa shape index (κ3) is 2.02. The summed E-state index contributed by atoms with van der Waals surface area (Å²) in [6, 6.07) is 9.79. The molecule has 0 saturated heterocycles. The molecule has 0 aliphatic heterocycles. The van der Waals surface area contributed by atoms with Crippen molar-refractivity contribution < 1.29 is 4.74 Å². The molecule has 0 N–H and O–H groups in total. The Kier molecular flexibility index (Phi) is 3.18. The van der Waals surface area contributed by atoms with E-state index < -0.39 is 0 Å². The molecule has 12 heavy (non-hydrogen) atoms. The van der Waals surface area contributed by atoms with Crippen LogP contribution in [0.1, 0.15) is 12.5 Å². The number of halogens is 1. The van der Waals surface area contributed by atoms with Crippen LogP contribution in [0.4, 0.5) is 0 Å². The Morgan fingerprint density at radius 2 is 1.83 bits per heavy atom. The molecule has 1 rings (SSSR count). The van der Waals surface area contributed by atoms with E-state index in [2.05, 4.69) is 0 Å². The van der Waals surface area contributed by atoms with E-state index in [1.165, 1.54) is 0 Å². The Balaban J connectivity index is 3.05. The van der Waals surface area contributed by atoms with Crippen molar-refractivity contribution in [3.05, 3.63) is 40.9 Å². The minimum Gasteiger partial charge on any atom is -0.495 e. The van der Waals surface area contributed by atoms with Crippen molar-refractivity contribution in [1.29, 1.82) is 0 Å². The Morgan fingerprint density at radius 3 is 2.25 bits per heavy atom. The van der Waals surface area contributed by atoms with Crippen molar-refractivity contribution in [2.75, 3.05) is 7.11 Å². The maximum absolute atomic E-state index is 5.83. The molecule has 0 fully saturated rings. The monoisotopic (exact) mass is 182 g/mol. The minimum atomic E-state index is 0.670. The van der Waals surface area contributed by atoms with Crippen molar-refractivity contribution in [2.24, 2.45) is 0 Å². The van der Waals surface area contributed by atoms with E-state index in [1.807, 2.05) is 37.3 Å². The first-order valence-electron chi connectivity index (χ1n) is 3.71. The summed E-state index contributed by atoms with van der Waals surface area (Å²) in [5.74, 6) is 0.734. The predicted molar refractivity (Wildman–Crippen MR) is 51.9 cm³/mol. The third-order valence-electron chi connectivity index (χ3n) is 1.55. The Hall–Kier alpha value is -0.950. The number of rotatable bonds is 2. The molecule has 1 aromatic carbocycles. The lowest BCUT2D eigenvalue weighted by atomic mass is 10.2. The second-order valence-electron chi connectivity index (χ2n) is 2.43. The van der Waals surface area contributed by atoms with Crippen LogP contribution in [0.3, 0.4) is 0 Å². The van der Waals surface area contributed by atoms with Crippen molar-refractivity contribution in [3.8, 4) is 0 Å². The molecule has 0 aliphatic carbocycles. The van der Waals surface area contributed by atoms with E-state index in [9.17, 15) is 0 Å². The third-order valence-corrected chi connectivity index (χ3v) is 1.72. The summed E-state index contributed by atoms with van der Waals surface area (Å²) in [7, 11) is 1.62. The summed E-state index contributed by atoms with van der Waals surface area (Å²) in [5, 5.41) is 0.670. The van der Waals surface area contributed by atoms with Gasteiger partial charge in [0.1, 0.15) is 5.76 Å². The lowest BCUT2D eigenvalue weighted by Crippen LogP contribution is -1.87. The minimum absolute atomic E-state index is 0.670. The fourth-order valence-corrected chi connectivity index (χ4v) is 1.23. The van der Waals surface area contributed by atoms with Gasteiger partial charge in [-0.3, -0.25) is 0 Å². The molecule has 0 heterocycles. The molecular weight excluding hydrogens is 172 g/mol. The molecule has 2 heteroatoms. The molecule has 0 amide bonds. The van der Waals surface area contributed by atoms with E-state index in [4.69, 9.17) is 16.3 Å². The van der Waals surface area contributed by atoms with Gasteiger partial charge in [0.05, 0.1) is 12.1 Å². The van der Waals surface area contributed by atoms with Crippen LogP contribution in [0.5, 0.6) is 0 Å². The van der Waals surface area contributed by atoms with Crippen LogP contribution in [0.25, 0.3) is 5.76 Å². The van der Waals surface area contributed by atoms with Gasteiger partial charge in [-0.25, -0.2) is 0 Å². The van der Waals surface area contributed by atoms with Gasteiger partial charge in [0.2, 0.25) is 0 Å². The van der Waals surface area contributed by atoms with Gasteiger partial charge >= 0.3 is 0 Å². The van der Waals surface area contributed by atoms with E-state index in [-0.39, 0.29) is 0 Å². The Bertz CT molecular complexity index is 273. The summed E-state index contributed by atoms with van der Waals surface area (Å²) in [6.07, 6.45) is 0. The Morgan fingerprint density at radius 1 is 1.25 bits per heavy atom. The maximum Gasteiger partial charge on any atom is 0.140 e. The second kappa shape index (κ2) is 4.17. The zero-order valence-electron chi connectivity index (χ0n) is 7.17. The quantitative estimate of drug-likeness (QED) is 0.638. The first-order chi connectivity index (χ1) is 5.75. The summed E-state index contributed by atoms with van der Waals surface area (Å²) < 4.78 is 5.15. The fraction of sp³-hybridized carbons (Fsp3) is 0.200. The highest BCUT2D eigenvalue weighted by Gasteiger charge is 2.02. The van der Waals surface area contributed by atoms with Crippen molar-refractivity contribution in [2.45, 2.75) is 6.92 Å². The molecule has 0 aromatic heterocycles. The molecule has 0 radical (unpaired) electrons. The van der Waals surface area contributed by atoms with Gasteiger partial charge in [0.25, 0.3) is 0 Å². The predicted octanol–water partition coefficient (Wildman–Crippen LogP) is 3.26. The summed E-state index contributed by atoms with van der Waals surface area (Å²) >= 11 is 5.83. The molecule has 0 spiro atoms. The molecule has 64 valence electrons.